The molecule has 332 valence electrons. The minimum absolute atomic E-state index is 0.0438. The van der Waals surface area contributed by atoms with Crippen LogP contribution in [-0.4, -0.2) is 46.9 Å². The fraction of sp³-hybridized carbons (Fsp3) is 0.692. The lowest BCUT2D eigenvalue weighted by Gasteiger charge is -2.24. The molecular weight excluding hydrogens is 719 g/mol. The maximum atomic E-state index is 13.1. The van der Waals surface area contributed by atoms with Crippen LogP contribution in [0.2, 0.25) is 0 Å². The van der Waals surface area contributed by atoms with Crippen molar-refractivity contribution in [2.75, 3.05) is 6.61 Å². The highest BCUT2D eigenvalue weighted by Crippen LogP contribution is 2.17. The highest BCUT2D eigenvalue weighted by molar-refractivity contribution is 5.77. The average molecular weight is 808 g/mol. The van der Waals surface area contributed by atoms with Crippen LogP contribution in [0.25, 0.3) is 0 Å². The third kappa shape index (κ3) is 39.8. The van der Waals surface area contributed by atoms with Gasteiger partial charge in [0.15, 0.2) is 0 Å². The van der Waals surface area contributed by atoms with Gasteiger partial charge in [0.25, 0.3) is 0 Å². The van der Waals surface area contributed by atoms with Gasteiger partial charge in [-0.25, -0.2) is 0 Å². The summed E-state index contributed by atoms with van der Waals surface area (Å²) in [4.78, 5) is 26.0. The van der Waals surface area contributed by atoms with Crippen molar-refractivity contribution >= 4 is 11.9 Å². The SMILES string of the molecule is CC\C=C/C=C/C=C/C=C\C=C\C=C\CCCCCC(=O)OC(CCCCC/C=C\CCCC)CC(=O)NC(CO)C(O)CCCCCCCCCCCCCCC. The van der Waals surface area contributed by atoms with Crippen LogP contribution in [0.4, 0.5) is 0 Å². The summed E-state index contributed by atoms with van der Waals surface area (Å²) in [5.41, 5.74) is 0. The van der Waals surface area contributed by atoms with E-state index in [1.807, 2.05) is 54.7 Å². The second-order valence-electron chi connectivity index (χ2n) is 15.9. The minimum atomic E-state index is -0.802. The fourth-order valence-electron chi connectivity index (χ4n) is 6.74. The topological polar surface area (TPSA) is 95.9 Å². The second-order valence-corrected chi connectivity index (χ2v) is 15.9. The Bertz CT molecular complexity index is 1130. The second kappa shape index (κ2) is 45.1. The maximum absolute atomic E-state index is 13.1. The highest BCUT2D eigenvalue weighted by atomic mass is 16.5. The lowest BCUT2D eigenvalue weighted by molar-refractivity contribution is -0.151. The minimum Gasteiger partial charge on any atom is -0.462 e. The number of ether oxygens (including phenoxy) is 1. The van der Waals surface area contributed by atoms with E-state index in [0.29, 0.717) is 19.3 Å². The van der Waals surface area contributed by atoms with Gasteiger partial charge in [0, 0.05) is 6.42 Å². The van der Waals surface area contributed by atoms with E-state index in [2.05, 4.69) is 56.5 Å². The van der Waals surface area contributed by atoms with E-state index >= 15 is 0 Å². The van der Waals surface area contributed by atoms with E-state index in [0.717, 1.165) is 83.5 Å². The lowest BCUT2D eigenvalue weighted by Crippen LogP contribution is -2.46. The summed E-state index contributed by atoms with van der Waals surface area (Å²) in [6.07, 6.45) is 57.8. The van der Waals surface area contributed by atoms with Gasteiger partial charge >= 0.3 is 5.97 Å². The number of allylic oxidation sites excluding steroid dienone is 14. The van der Waals surface area contributed by atoms with Gasteiger partial charge in [-0.05, 0) is 64.2 Å². The number of nitrogens with one attached hydrogen (secondary N) is 1. The van der Waals surface area contributed by atoms with Crippen molar-refractivity contribution in [3.8, 4) is 0 Å². The Balaban J connectivity index is 4.62. The molecular formula is C52H89NO5. The molecule has 3 atom stereocenters. The van der Waals surface area contributed by atoms with E-state index in [-0.39, 0.29) is 24.9 Å². The van der Waals surface area contributed by atoms with Crippen molar-refractivity contribution in [1.29, 1.82) is 0 Å². The molecule has 0 rings (SSSR count). The molecule has 0 radical (unpaired) electrons. The molecule has 0 bridgehead atoms. The molecule has 58 heavy (non-hydrogen) atoms. The molecule has 0 aliphatic rings. The summed E-state index contributed by atoms with van der Waals surface area (Å²) >= 11 is 0. The van der Waals surface area contributed by atoms with Crippen LogP contribution in [0.1, 0.15) is 207 Å². The Kier molecular flexibility index (Phi) is 42.8. The van der Waals surface area contributed by atoms with Gasteiger partial charge in [0.2, 0.25) is 5.91 Å². The predicted molar refractivity (Wildman–Crippen MR) is 250 cm³/mol. The number of rotatable bonds is 41. The van der Waals surface area contributed by atoms with Gasteiger partial charge in [-0.3, -0.25) is 9.59 Å². The number of amides is 1. The van der Waals surface area contributed by atoms with Crippen LogP contribution >= 0.6 is 0 Å². The maximum Gasteiger partial charge on any atom is 0.306 e. The molecule has 0 aromatic heterocycles. The fourth-order valence-corrected chi connectivity index (χ4v) is 6.74. The lowest BCUT2D eigenvalue weighted by atomic mass is 10.0. The number of hydrogen-bond donors (Lipinski definition) is 3. The molecule has 6 nitrogen and oxygen atoms in total. The first-order valence-electron chi connectivity index (χ1n) is 23.9. The Labute approximate surface area is 357 Å². The number of esters is 1. The zero-order chi connectivity index (χ0) is 42.4. The summed E-state index contributed by atoms with van der Waals surface area (Å²) in [6.45, 7) is 6.26. The molecule has 1 amide bonds. The van der Waals surface area contributed by atoms with E-state index < -0.39 is 18.2 Å². The van der Waals surface area contributed by atoms with Gasteiger partial charge in [-0.1, -0.05) is 215 Å². The highest BCUT2D eigenvalue weighted by Gasteiger charge is 2.24. The first-order chi connectivity index (χ1) is 28.5. The van der Waals surface area contributed by atoms with Gasteiger partial charge in [0.05, 0.1) is 25.2 Å². The molecule has 0 fully saturated rings. The molecule has 0 aliphatic carbocycles. The molecule has 0 spiro atoms. The number of hydrogen-bond acceptors (Lipinski definition) is 5. The molecule has 0 saturated heterocycles. The Morgan fingerprint density at radius 2 is 0.966 bits per heavy atom. The molecule has 0 aromatic carbocycles. The number of unbranched alkanes of at least 4 members (excludes halogenated alkanes) is 20. The van der Waals surface area contributed by atoms with Crippen molar-refractivity contribution in [2.45, 2.75) is 225 Å². The number of aliphatic hydroxyl groups excluding tert-OH is 2. The van der Waals surface area contributed by atoms with E-state index in [1.165, 1.54) is 77.0 Å². The van der Waals surface area contributed by atoms with E-state index in [1.54, 1.807) is 0 Å². The molecule has 0 aromatic rings. The first-order valence-corrected chi connectivity index (χ1v) is 23.9. The molecule has 6 heteroatoms. The summed E-state index contributed by atoms with van der Waals surface area (Å²) in [5, 5.41) is 23.7. The zero-order valence-electron chi connectivity index (χ0n) is 37.6. The standard InChI is InChI=1S/C52H89NO5/c1-4-7-10-13-16-19-21-23-24-25-26-28-30-33-36-39-42-45-52(57)58-48(43-40-37-34-31-18-15-12-9-6-3)46-51(56)53-49(47-54)50(55)44-41-38-35-32-29-27-22-20-17-14-11-8-5-2/h7,10,13,15-16,18-19,21,23-26,28,30,48-50,54-55H,4-6,8-9,11-12,14,17,20,22,27,29,31-47H2,1-3H3,(H,53,56)/b10-7-,16-13+,18-15-,21-19+,24-23-,26-25+,30-28+. The van der Waals surface area contributed by atoms with Crippen LogP contribution in [0.15, 0.2) is 85.1 Å². The van der Waals surface area contributed by atoms with Crippen molar-refractivity contribution < 1.29 is 24.5 Å². The van der Waals surface area contributed by atoms with E-state index in [9.17, 15) is 19.8 Å². The molecule has 0 saturated carbocycles. The molecule has 3 unspecified atom stereocenters. The predicted octanol–water partition coefficient (Wildman–Crippen LogP) is 14.0. The van der Waals surface area contributed by atoms with Crippen LogP contribution in [0.3, 0.4) is 0 Å². The zero-order valence-corrected chi connectivity index (χ0v) is 37.6. The van der Waals surface area contributed by atoms with Crippen molar-refractivity contribution in [2.24, 2.45) is 0 Å². The van der Waals surface area contributed by atoms with Crippen molar-refractivity contribution in [3.05, 3.63) is 85.1 Å². The Morgan fingerprint density at radius 3 is 1.52 bits per heavy atom. The van der Waals surface area contributed by atoms with Gasteiger partial charge < -0.3 is 20.3 Å². The smallest absolute Gasteiger partial charge is 0.306 e. The molecule has 0 heterocycles. The third-order valence-electron chi connectivity index (χ3n) is 10.4. The van der Waals surface area contributed by atoms with Gasteiger partial charge in [-0.2, -0.15) is 0 Å². The number of carbonyl (C=O) groups excluding carboxylic acids is 2. The van der Waals surface area contributed by atoms with Crippen LogP contribution in [0, 0.1) is 0 Å². The monoisotopic (exact) mass is 808 g/mol. The Morgan fingerprint density at radius 1 is 0.517 bits per heavy atom. The molecule has 3 N–H and O–H groups in total. The van der Waals surface area contributed by atoms with E-state index in [4.69, 9.17) is 4.74 Å². The Hall–Kier alpha value is -2.96. The number of carbonyl (C=O) groups is 2. The van der Waals surface area contributed by atoms with Gasteiger partial charge in [-0.15, -0.1) is 0 Å². The first kappa shape index (κ1) is 55.0. The summed E-state index contributed by atoms with van der Waals surface area (Å²) < 4.78 is 5.87. The van der Waals surface area contributed by atoms with Crippen LogP contribution in [-0.2, 0) is 14.3 Å². The molecule has 0 aliphatic heterocycles. The average Bonchev–Trinajstić information content (AvgIpc) is 3.22. The largest absolute Gasteiger partial charge is 0.462 e. The quantitative estimate of drug-likeness (QED) is 0.0247. The van der Waals surface area contributed by atoms with Crippen LogP contribution < -0.4 is 5.32 Å². The van der Waals surface area contributed by atoms with Crippen molar-refractivity contribution in [3.63, 3.8) is 0 Å². The van der Waals surface area contributed by atoms with Crippen LogP contribution in [0.5, 0.6) is 0 Å². The summed E-state index contributed by atoms with van der Waals surface area (Å²) in [7, 11) is 0. The normalized spacial score (nSPS) is 14.1. The van der Waals surface area contributed by atoms with Crippen molar-refractivity contribution in [1.82, 2.24) is 5.32 Å². The summed E-state index contributed by atoms with van der Waals surface area (Å²) in [5.74, 6) is -0.550. The van der Waals surface area contributed by atoms with Gasteiger partial charge in [0.1, 0.15) is 6.10 Å². The number of aliphatic hydroxyl groups is 2. The third-order valence-corrected chi connectivity index (χ3v) is 10.4. The summed E-state index contributed by atoms with van der Waals surface area (Å²) in [6, 6.07) is -0.718.